The maximum atomic E-state index is 11.9. The Morgan fingerprint density at radius 1 is 1.35 bits per heavy atom. The Morgan fingerprint density at radius 3 is 2.41 bits per heavy atom. The Hall–Kier alpha value is -1.63. The Labute approximate surface area is 98.3 Å². The average molecular weight is 245 g/mol. The summed E-state index contributed by atoms with van der Waals surface area (Å²) >= 11 is 0. The molecule has 1 heterocycles. The third kappa shape index (κ3) is 4.39. The normalized spacial score (nSPS) is 17.4. The standard InChI is InChI=1S/C10H15NO6/c1-7(12)17-8(6-9(13)14)10(15)11-2-4-16-5-3-11/h8H,2-6H2,1H3,(H,13,14). The van der Waals surface area contributed by atoms with Gasteiger partial charge in [-0.1, -0.05) is 0 Å². The zero-order valence-electron chi connectivity index (χ0n) is 9.55. The summed E-state index contributed by atoms with van der Waals surface area (Å²) in [6.45, 7) is 2.73. The molecule has 1 aliphatic rings. The maximum absolute atomic E-state index is 11.9. The number of aliphatic carboxylic acids is 1. The van der Waals surface area contributed by atoms with Crippen LogP contribution in [0, 0.1) is 0 Å². The van der Waals surface area contributed by atoms with E-state index < -0.39 is 30.4 Å². The molecule has 1 saturated heterocycles. The first-order valence-corrected chi connectivity index (χ1v) is 5.26. The predicted molar refractivity (Wildman–Crippen MR) is 55.2 cm³/mol. The molecule has 0 aromatic carbocycles. The fourth-order valence-electron chi connectivity index (χ4n) is 1.53. The van der Waals surface area contributed by atoms with Gasteiger partial charge in [-0.25, -0.2) is 0 Å². The highest BCUT2D eigenvalue weighted by Crippen LogP contribution is 2.07. The van der Waals surface area contributed by atoms with Crippen molar-refractivity contribution in [2.45, 2.75) is 19.4 Å². The smallest absolute Gasteiger partial charge is 0.307 e. The summed E-state index contributed by atoms with van der Waals surface area (Å²) in [5.74, 6) is -2.33. The molecule has 0 spiro atoms. The number of carbonyl (C=O) groups excluding carboxylic acids is 2. The highest BCUT2D eigenvalue weighted by molar-refractivity contribution is 5.87. The summed E-state index contributed by atoms with van der Waals surface area (Å²) in [6.07, 6.45) is -1.77. The van der Waals surface area contributed by atoms with Crippen molar-refractivity contribution in [3.8, 4) is 0 Å². The number of carboxylic acids is 1. The summed E-state index contributed by atoms with van der Waals surface area (Å²) in [7, 11) is 0. The molecule has 0 aliphatic carbocycles. The minimum absolute atomic E-state index is 0.385. The van der Waals surface area contributed by atoms with Gasteiger partial charge in [0.05, 0.1) is 19.6 Å². The van der Waals surface area contributed by atoms with E-state index in [9.17, 15) is 14.4 Å². The predicted octanol–water partition coefficient (Wildman–Crippen LogP) is -0.748. The molecule has 1 N–H and O–H groups in total. The van der Waals surface area contributed by atoms with Gasteiger partial charge in [-0.05, 0) is 0 Å². The van der Waals surface area contributed by atoms with Crippen molar-refractivity contribution in [2.24, 2.45) is 0 Å². The van der Waals surface area contributed by atoms with Crippen LogP contribution in [0.25, 0.3) is 0 Å². The van der Waals surface area contributed by atoms with E-state index in [4.69, 9.17) is 14.6 Å². The van der Waals surface area contributed by atoms with Gasteiger partial charge in [-0.15, -0.1) is 0 Å². The van der Waals surface area contributed by atoms with Crippen molar-refractivity contribution >= 4 is 17.8 Å². The van der Waals surface area contributed by atoms with Crippen LogP contribution >= 0.6 is 0 Å². The number of carboxylic acid groups (broad SMARTS) is 1. The number of rotatable bonds is 4. The summed E-state index contributed by atoms with van der Waals surface area (Å²) in [4.78, 5) is 34.7. The van der Waals surface area contributed by atoms with Gasteiger partial charge < -0.3 is 19.5 Å². The van der Waals surface area contributed by atoms with Crippen molar-refractivity contribution < 1.29 is 29.0 Å². The first-order valence-electron chi connectivity index (χ1n) is 5.26. The number of esters is 1. The minimum Gasteiger partial charge on any atom is -0.481 e. The lowest BCUT2D eigenvalue weighted by molar-refractivity contribution is -0.164. The largest absolute Gasteiger partial charge is 0.481 e. The SMILES string of the molecule is CC(=O)OC(CC(=O)O)C(=O)N1CCOCC1. The average Bonchev–Trinajstić information content (AvgIpc) is 2.27. The Kier molecular flexibility index (Phi) is 4.89. The molecule has 1 atom stereocenters. The quantitative estimate of drug-likeness (QED) is 0.655. The lowest BCUT2D eigenvalue weighted by Gasteiger charge is -2.29. The van der Waals surface area contributed by atoms with Crippen molar-refractivity contribution in [2.75, 3.05) is 26.3 Å². The van der Waals surface area contributed by atoms with Crippen LogP contribution in [0.5, 0.6) is 0 Å². The topological polar surface area (TPSA) is 93.1 Å². The van der Waals surface area contributed by atoms with Gasteiger partial charge in [0.2, 0.25) is 0 Å². The molecule has 1 rings (SSSR count). The molecule has 1 aliphatic heterocycles. The Balaban J connectivity index is 2.63. The van der Waals surface area contributed by atoms with Crippen LogP contribution in [0.15, 0.2) is 0 Å². The van der Waals surface area contributed by atoms with Gasteiger partial charge >= 0.3 is 11.9 Å². The van der Waals surface area contributed by atoms with Gasteiger partial charge in [0.15, 0.2) is 6.10 Å². The van der Waals surface area contributed by atoms with Crippen molar-refractivity contribution in [3.05, 3.63) is 0 Å². The lowest BCUT2D eigenvalue weighted by Crippen LogP contribution is -2.47. The zero-order chi connectivity index (χ0) is 12.8. The van der Waals surface area contributed by atoms with Gasteiger partial charge in [-0.2, -0.15) is 0 Å². The number of hydrogen-bond donors (Lipinski definition) is 1. The fraction of sp³-hybridized carbons (Fsp3) is 0.700. The number of morpholine rings is 1. The number of hydrogen-bond acceptors (Lipinski definition) is 5. The van der Waals surface area contributed by atoms with E-state index in [0.717, 1.165) is 6.92 Å². The number of nitrogens with zero attached hydrogens (tertiary/aromatic N) is 1. The van der Waals surface area contributed by atoms with Gasteiger partial charge in [0.1, 0.15) is 0 Å². The van der Waals surface area contributed by atoms with Crippen LogP contribution in [0.1, 0.15) is 13.3 Å². The first-order chi connectivity index (χ1) is 8.00. The van der Waals surface area contributed by atoms with Crippen molar-refractivity contribution in [3.63, 3.8) is 0 Å². The minimum atomic E-state index is -1.25. The highest BCUT2D eigenvalue weighted by atomic mass is 16.5. The van der Waals surface area contributed by atoms with E-state index in [1.54, 1.807) is 0 Å². The molecule has 1 fully saturated rings. The van der Waals surface area contributed by atoms with E-state index in [-0.39, 0.29) is 0 Å². The molecule has 0 radical (unpaired) electrons. The van der Waals surface area contributed by atoms with Crippen LogP contribution in [-0.2, 0) is 23.9 Å². The Bertz CT molecular complexity index is 294. The van der Waals surface area contributed by atoms with Crippen LogP contribution in [0.3, 0.4) is 0 Å². The molecule has 0 saturated carbocycles. The van der Waals surface area contributed by atoms with E-state index in [2.05, 4.69) is 0 Å². The summed E-state index contributed by atoms with van der Waals surface area (Å²) < 4.78 is 9.80. The highest BCUT2D eigenvalue weighted by Gasteiger charge is 2.30. The molecule has 0 aromatic rings. The molecule has 0 aromatic heterocycles. The molecule has 17 heavy (non-hydrogen) atoms. The summed E-state index contributed by atoms with van der Waals surface area (Å²) in [6, 6.07) is 0. The van der Waals surface area contributed by atoms with E-state index in [1.807, 2.05) is 0 Å². The van der Waals surface area contributed by atoms with Crippen LogP contribution in [0.2, 0.25) is 0 Å². The van der Waals surface area contributed by atoms with Crippen LogP contribution in [0.4, 0.5) is 0 Å². The zero-order valence-corrected chi connectivity index (χ0v) is 9.55. The summed E-state index contributed by atoms with van der Waals surface area (Å²) in [5.41, 5.74) is 0. The number of carbonyl (C=O) groups is 3. The molecule has 1 unspecified atom stereocenters. The third-order valence-corrected chi connectivity index (χ3v) is 2.27. The monoisotopic (exact) mass is 245 g/mol. The molecule has 0 bridgehead atoms. The van der Waals surface area contributed by atoms with Crippen LogP contribution in [-0.4, -0.2) is 60.3 Å². The maximum Gasteiger partial charge on any atom is 0.307 e. The van der Waals surface area contributed by atoms with E-state index in [0.29, 0.717) is 26.3 Å². The van der Waals surface area contributed by atoms with Gasteiger partial charge in [0, 0.05) is 20.0 Å². The van der Waals surface area contributed by atoms with Crippen LogP contribution < -0.4 is 0 Å². The van der Waals surface area contributed by atoms with Gasteiger partial charge in [-0.3, -0.25) is 14.4 Å². The fourth-order valence-corrected chi connectivity index (χ4v) is 1.53. The summed E-state index contributed by atoms with van der Waals surface area (Å²) in [5, 5.41) is 8.66. The van der Waals surface area contributed by atoms with Crippen molar-refractivity contribution in [1.82, 2.24) is 4.90 Å². The second kappa shape index (κ2) is 6.19. The van der Waals surface area contributed by atoms with E-state index >= 15 is 0 Å². The molecular weight excluding hydrogens is 230 g/mol. The van der Waals surface area contributed by atoms with Gasteiger partial charge in [0.25, 0.3) is 5.91 Å². The lowest BCUT2D eigenvalue weighted by atomic mass is 10.2. The number of ether oxygens (including phenoxy) is 2. The molecule has 1 amide bonds. The molecule has 7 nitrogen and oxygen atoms in total. The third-order valence-electron chi connectivity index (χ3n) is 2.27. The molecule has 96 valence electrons. The first kappa shape index (κ1) is 13.4. The molecule has 7 heteroatoms. The Morgan fingerprint density at radius 2 is 1.94 bits per heavy atom. The van der Waals surface area contributed by atoms with Crippen molar-refractivity contribution in [1.29, 1.82) is 0 Å². The second-order valence-corrected chi connectivity index (χ2v) is 3.63. The second-order valence-electron chi connectivity index (χ2n) is 3.63. The molecular formula is C10H15NO6. The number of amides is 1. The van der Waals surface area contributed by atoms with E-state index in [1.165, 1.54) is 4.90 Å².